The average molecular weight is 376 g/mol. The number of nitrogens with one attached hydrogen (secondary N) is 1. The van der Waals surface area contributed by atoms with Crippen molar-refractivity contribution in [1.29, 1.82) is 0 Å². The fourth-order valence-electron chi connectivity index (χ4n) is 2.50. The van der Waals surface area contributed by atoms with Crippen LogP contribution in [-0.4, -0.2) is 18.2 Å². The number of aryl methyl sites for hydroxylation is 2. The maximum atomic E-state index is 12.7. The van der Waals surface area contributed by atoms with Crippen LogP contribution in [0.15, 0.2) is 59.6 Å². The average Bonchev–Trinajstić information content (AvgIpc) is 2.89. The van der Waals surface area contributed by atoms with Crippen LogP contribution >= 0.6 is 11.6 Å². The molecule has 130 valence electrons. The van der Waals surface area contributed by atoms with E-state index in [1.807, 2.05) is 43.3 Å². The smallest absolute Gasteiger partial charge is 0.263 e. The molecule has 0 spiro atoms. The quantitative estimate of drug-likeness (QED) is 0.733. The molecule has 0 amide bonds. The molecule has 1 aromatic heterocycles. The van der Waals surface area contributed by atoms with E-state index < -0.39 is 10.0 Å². The minimum atomic E-state index is -3.76. The van der Waals surface area contributed by atoms with Gasteiger partial charge in [-0.15, -0.1) is 0 Å². The molecule has 0 aliphatic carbocycles. The van der Waals surface area contributed by atoms with E-state index in [2.05, 4.69) is 9.82 Å². The summed E-state index contributed by atoms with van der Waals surface area (Å²) in [4.78, 5) is 0.223. The number of halogens is 1. The monoisotopic (exact) mass is 375 g/mol. The summed E-state index contributed by atoms with van der Waals surface area (Å²) in [6.07, 6.45) is 1.61. The maximum absolute atomic E-state index is 12.7. The van der Waals surface area contributed by atoms with E-state index in [1.54, 1.807) is 29.9 Å². The normalized spacial score (nSPS) is 11.5. The molecule has 0 saturated carbocycles. The van der Waals surface area contributed by atoms with Gasteiger partial charge >= 0.3 is 0 Å². The Bertz CT molecular complexity index is 998. The van der Waals surface area contributed by atoms with Gasteiger partial charge in [-0.2, -0.15) is 5.10 Å². The van der Waals surface area contributed by atoms with Gasteiger partial charge in [0, 0.05) is 6.20 Å². The molecule has 0 bridgehead atoms. The topological polar surface area (TPSA) is 64.0 Å². The lowest BCUT2D eigenvalue weighted by Crippen LogP contribution is -2.15. The zero-order chi connectivity index (χ0) is 18.0. The van der Waals surface area contributed by atoms with Crippen molar-refractivity contribution >= 4 is 27.4 Å². The molecule has 0 saturated heterocycles. The number of rotatable bonds is 5. The third-order valence-corrected chi connectivity index (χ3v) is 5.53. The van der Waals surface area contributed by atoms with E-state index >= 15 is 0 Å². The first kappa shape index (κ1) is 17.5. The molecule has 0 aliphatic rings. The van der Waals surface area contributed by atoms with Crippen molar-refractivity contribution in [1.82, 2.24) is 9.78 Å². The minimum Gasteiger partial charge on any atom is -0.265 e. The Labute approximate surface area is 152 Å². The van der Waals surface area contributed by atoms with Gasteiger partial charge in [0.2, 0.25) is 0 Å². The molecule has 3 rings (SSSR count). The van der Waals surface area contributed by atoms with Crippen LogP contribution in [0.2, 0.25) is 5.02 Å². The molecule has 0 fully saturated rings. The van der Waals surface area contributed by atoms with Crippen LogP contribution in [0.3, 0.4) is 0 Å². The van der Waals surface area contributed by atoms with E-state index in [0.29, 0.717) is 12.1 Å². The molecule has 0 aliphatic heterocycles. The maximum Gasteiger partial charge on any atom is 0.263 e. The number of anilines is 1. The van der Waals surface area contributed by atoms with Crippen molar-refractivity contribution in [2.75, 3.05) is 4.72 Å². The molecule has 0 radical (unpaired) electrons. The number of hydrogen-bond acceptors (Lipinski definition) is 3. The molecule has 3 aromatic rings. The Morgan fingerprint density at radius 3 is 2.56 bits per heavy atom. The second-order valence-corrected chi connectivity index (χ2v) is 7.94. The third-order valence-electron chi connectivity index (χ3n) is 3.77. The highest BCUT2D eigenvalue weighted by Crippen LogP contribution is 2.25. The second kappa shape index (κ2) is 6.90. The lowest BCUT2D eigenvalue weighted by atomic mass is 10.2. The van der Waals surface area contributed by atoms with Crippen molar-refractivity contribution in [2.45, 2.75) is 25.3 Å². The van der Waals surface area contributed by atoms with Crippen LogP contribution in [0.1, 0.15) is 16.7 Å². The summed E-state index contributed by atoms with van der Waals surface area (Å²) < 4.78 is 29.4. The van der Waals surface area contributed by atoms with Gasteiger partial charge in [0.1, 0.15) is 5.02 Å². The van der Waals surface area contributed by atoms with Gasteiger partial charge in [-0.3, -0.25) is 9.40 Å². The Morgan fingerprint density at radius 1 is 1.12 bits per heavy atom. The van der Waals surface area contributed by atoms with Gasteiger partial charge in [0.05, 0.1) is 11.4 Å². The molecule has 5 nitrogen and oxygen atoms in total. The van der Waals surface area contributed by atoms with Crippen molar-refractivity contribution < 1.29 is 8.42 Å². The Kier molecular flexibility index (Phi) is 4.83. The van der Waals surface area contributed by atoms with Crippen LogP contribution in [-0.2, 0) is 16.6 Å². The fourth-order valence-corrected chi connectivity index (χ4v) is 4.10. The Hall–Kier alpha value is -2.31. The molecule has 0 unspecified atom stereocenters. The summed E-state index contributed by atoms with van der Waals surface area (Å²) in [5.41, 5.74) is 2.58. The van der Waals surface area contributed by atoms with Gasteiger partial charge in [-0.1, -0.05) is 54.1 Å². The summed E-state index contributed by atoms with van der Waals surface area (Å²) in [7, 11) is -3.76. The number of aromatic nitrogens is 2. The summed E-state index contributed by atoms with van der Waals surface area (Å²) in [5, 5.41) is 4.52. The summed E-state index contributed by atoms with van der Waals surface area (Å²) in [5.74, 6) is 0.124. The molecule has 0 atom stereocenters. The molecule has 1 heterocycles. The molecular formula is C18H18ClN3O2S. The largest absolute Gasteiger partial charge is 0.265 e. The van der Waals surface area contributed by atoms with E-state index in [0.717, 1.165) is 11.1 Å². The van der Waals surface area contributed by atoms with Gasteiger partial charge in [-0.05, 0) is 36.6 Å². The van der Waals surface area contributed by atoms with E-state index in [4.69, 9.17) is 11.6 Å². The van der Waals surface area contributed by atoms with Gasteiger partial charge in [-0.25, -0.2) is 8.42 Å². The molecule has 2 aromatic carbocycles. The Balaban J connectivity index is 1.86. The third kappa shape index (κ3) is 4.03. The van der Waals surface area contributed by atoms with Crippen LogP contribution < -0.4 is 4.72 Å². The van der Waals surface area contributed by atoms with Crippen molar-refractivity contribution in [3.05, 3.63) is 76.4 Å². The first-order valence-corrected chi connectivity index (χ1v) is 9.58. The van der Waals surface area contributed by atoms with Crippen molar-refractivity contribution in [2.24, 2.45) is 0 Å². The molecule has 25 heavy (non-hydrogen) atoms. The summed E-state index contributed by atoms with van der Waals surface area (Å²) in [6, 6.07) is 15.0. The lowest BCUT2D eigenvalue weighted by Gasteiger charge is -2.09. The fraction of sp³-hybridized carbons (Fsp3) is 0.167. The highest BCUT2D eigenvalue weighted by Gasteiger charge is 2.20. The van der Waals surface area contributed by atoms with E-state index in [-0.39, 0.29) is 15.7 Å². The van der Waals surface area contributed by atoms with Gasteiger partial charge in [0.25, 0.3) is 10.0 Å². The SMILES string of the molecule is Cc1ccc(C)c(S(=O)(=O)Nc2nn(Cc3ccccc3)cc2Cl)c1. The van der Waals surface area contributed by atoms with Crippen molar-refractivity contribution in [3.63, 3.8) is 0 Å². The number of nitrogens with zero attached hydrogens (tertiary/aromatic N) is 2. The molecule has 1 N–H and O–H groups in total. The van der Waals surface area contributed by atoms with Crippen molar-refractivity contribution in [3.8, 4) is 0 Å². The first-order chi connectivity index (χ1) is 11.8. The minimum absolute atomic E-state index is 0.124. The zero-order valence-electron chi connectivity index (χ0n) is 13.9. The molecular weight excluding hydrogens is 358 g/mol. The number of hydrogen-bond donors (Lipinski definition) is 1. The summed E-state index contributed by atoms with van der Waals surface area (Å²) >= 11 is 6.17. The second-order valence-electron chi connectivity index (χ2n) is 5.88. The zero-order valence-corrected chi connectivity index (χ0v) is 15.5. The molecule has 7 heteroatoms. The Morgan fingerprint density at radius 2 is 1.84 bits per heavy atom. The van der Waals surface area contributed by atoms with E-state index in [1.165, 1.54) is 0 Å². The van der Waals surface area contributed by atoms with E-state index in [9.17, 15) is 8.42 Å². The standard InChI is InChI=1S/C18H18ClN3O2S/c1-13-8-9-14(2)17(10-13)25(23,24)21-18-16(19)12-22(20-18)11-15-6-4-3-5-7-15/h3-10,12H,11H2,1-2H3,(H,20,21). The highest BCUT2D eigenvalue weighted by atomic mass is 35.5. The van der Waals surface area contributed by atoms with Crippen LogP contribution in [0.25, 0.3) is 0 Å². The van der Waals surface area contributed by atoms with Gasteiger partial charge < -0.3 is 0 Å². The number of sulfonamides is 1. The lowest BCUT2D eigenvalue weighted by molar-refractivity contribution is 0.600. The highest BCUT2D eigenvalue weighted by molar-refractivity contribution is 7.92. The van der Waals surface area contributed by atoms with Crippen LogP contribution in [0, 0.1) is 13.8 Å². The predicted octanol–water partition coefficient (Wildman–Crippen LogP) is 4.00. The number of benzene rings is 2. The first-order valence-electron chi connectivity index (χ1n) is 7.72. The van der Waals surface area contributed by atoms with Crippen LogP contribution in [0.4, 0.5) is 5.82 Å². The summed E-state index contributed by atoms with van der Waals surface area (Å²) in [6.45, 7) is 4.11. The predicted molar refractivity (Wildman–Crippen MR) is 99.5 cm³/mol. The van der Waals surface area contributed by atoms with Crippen LogP contribution in [0.5, 0.6) is 0 Å². The van der Waals surface area contributed by atoms with Gasteiger partial charge in [0.15, 0.2) is 5.82 Å².